The standard InChI is InChI=1S/C19H15FN4O3S/c1-10-14(15-17(27-10)22-9-24(2)18(15)26)16(25)23-19-21-8-13(28-19)7-11-4-3-5-12(20)6-11/h3-6,8-9H,7H2,1-2H3,(H,21,23,25). The number of anilines is 1. The summed E-state index contributed by atoms with van der Waals surface area (Å²) in [6, 6.07) is 6.32. The third-order valence-corrected chi connectivity index (χ3v) is 5.13. The maximum absolute atomic E-state index is 13.3. The highest BCUT2D eigenvalue weighted by molar-refractivity contribution is 7.15. The number of nitrogens with one attached hydrogen (secondary N) is 1. The second kappa shape index (κ2) is 7.01. The van der Waals surface area contributed by atoms with Crippen LogP contribution in [0.4, 0.5) is 9.52 Å². The van der Waals surface area contributed by atoms with Crippen molar-refractivity contribution in [2.24, 2.45) is 7.05 Å². The van der Waals surface area contributed by atoms with Gasteiger partial charge in [0.1, 0.15) is 23.3 Å². The van der Waals surface area contributed by atoms with Crippen molar-refractivity contribution in [2.45, 2.75) is 13.3 Å². The van der Waals surface area contributed by atoms with Gasteiger partial charge in [-0.05, 0) is 24.6 Å². The predicted octanol–water partition coefficient (Wildman–Crippen LogP) is 3.27. The zero-order chi connectivity index (χ0) is 19.8. The largest absolute Gasteiger partial charge is 0.442 e. The zero-order valence-electron chi connectivity index (χ0n) is 15.0. The minimum absolute atomic E-state index is 0.122. The Kier molecular flexibility index (Phi) is 4.52. The third-order valence-electron chi connectivity index (χ3n) is 4.22. The number of hydrogen-bond donors (Lipinski definition) is 1. The second-order valence-electron chi connectivity index (χ2n) is 6.27. The van der Waals surface area contributed by atoms with Crippen LogP contribution in [0, 0.1) is 12.7 Å². The number of benzene rings is 1. The number of hydrogen-bond acceptors (Lipinski definition) is 6. The molecule has 4 aromatic rings. The van der Waals surface area contributed by atoms with Gasteiger partial charge >= 0.3 is 0 Å². The Labute approximate surface area is 162 Å². The molecule has 1 amide bonds. The molecular weight excluding hydrogens is 383 g/mol. The van der Waals surface area contributed by atoms with Gasteiger partial charge in [0.05, 0.1) is 5.56 Å². The van der Waals surface area contributed by atoms with Gasteiger partial charge in [-0.3, -0.25) is 14.9 Å². The number of aryl methyl sites for hydroxylation is 2. The number of rotatable bonds is 4. The van der Waals surface area contributed by atoms with E-state index in [1.54, 1.807) is 26.2 Å². The molecule has 142 valence electrons. The van der Waals surface area contributed by atoms with E-state index in [-0.39, 0.29) is 28.0 Å². The molecule has 0 aliphatic rings. The number of fused-ring (bicyclic) bond motifs is 1. The van der Waals surface area contributed by atoms with Crippen LogP contribution in [0.15, 0.2) is 46.0 Å². The third kappa shape index (κ3) is 3.31. The molecule has 1 aromatic carbocycles. The molecule has 0 radical (unpaired) electrons. The fourth-order valence-corrected chi connectivity index (χ4v) is 3.76. The molecule has 3 heterocycles. The number of aromatic nitrogens is 3. The van der Waals surface area contributed by atoms with Crippen molar-refractivity contribution in [3.05, 3.63) is 74.7 Å². The zero-order valence-corrected chi connectivity index (χ0v) is 15.8. The predicted molar refractivity (Wildman–Crippen MR) is 103 cm³/mol. The van der Waals surface area contributed by atoms with Gasteiger partial charge in [-0.1, -0.05) is 12.1 Å². The highest BCUT2D eigenvalue weighted by Gasteiger charge is 2.23. The minimum atomic E-state index is -0.493. The quantitative estimate of drug-likeness (QED) is 0.570. The Hall–Kier alpha value is -3.33. The van der Waals surface area contributed by atoms with Crippen molar-refractivity contribution < 1.29 is 13.6 Å². The Bertz CT molecular complexity index is 1260. The van der Waals surface area contributed by atoms with Crippen LogP contribution in [0.5, 0.6) is 0 Å². The van der Waals surface area contributed by atoms with E-state index in [4.69, 9.17) is 4.42 Å². The SMILES string of the molecule is Cc1oc2ncn(C)c(=O)c2c1C(=O)Nc1ncc(Cc2cccc(F)c2)s1. The molecule has 28 heavy (non-hydrogen) atoms. The molecule has 0 saturated heterocycles. The molecule has 4 rings (SSSR count). The summed E-state index contributed by atoms with van der Waals surface area (Å²) in [4.78, 5) is 34.3. The Morgan fingerprint density at radius 1 is 1.36 bits per heavy atom. The summed E-state index contributed by atoms with van der Waals surface area (Å²) in [6.45, 7) is 1.60. The normalized spacial score (nSPS) is 11.1. The van der Waals surface area contributed by atoms with Gasteiger partial charge < -0.3 is 8.98 Å². The number of carbonyl (C=O) groups excluding carboxylic acids is 1. The summed E-state index contributed by atoms with van der Waals surface area (Å²) in [5.74, 6) is -0.485. The van der Waals surface area contributed by atoms with Crippen LogP contribution < -0.4 is 10.9 Å². The number of furan rings is 1. The van der Waals surface area contributed by atoms with Gasteiger partial charge in [-0.15, -0.1) is 11.3 Å². The molecule has 0 fully saturated rings. The van der Waals surface area contributed by atoms with Crippen LogP contribution in [0.2, 0.25) is 0 Å². The maximum Gasteiger partial charge on any atom is 0.265 e. The molecule has 0 spiro atoms. The van der Waals surface area contributed by atoms with Crippen molar-refractivity contribution in [2.75, 3.05) is 5.32 Å². The maximum atomic E-state index is 13.3. The molecule has 0 atom stereocenters. The minimum Gasteiger partial charge on any atom is -0.442 e. The summed E-state index contributed by atoms with van der Waals surface area (Å²) in [5, 5.41) is 3.22. The lowest BCUT2D eigenvalue weighted by atomic mass is 10.1. The van der Waals surface area contributed by atoms with E-state index in [2.05, 4.69) is 15.3 Å². The summed E-state index contributed by atoms with van der Waals surface area (Å²) >= 11 is 1.28. The van der Waals surface area contributed by atoms with Crippen LogP contribution in [0.3, 0.4) is 0 Å². The number of carbonyl (C=O) groups is 1. The van der Waals surface area contributed by atoms with Crippen molar-refractivity contribution in [1.82, 2.24) is 14.5 Å². The van der Waals surface area contributed by atoms with Crippen LogP contribution >= 0.6 is 11.3 Å². The monoisotopic (exact) mass is 398 g/mol. The Morgan fingerprint density at radius 2 is 2.18 bits per heavy atom. The van der Waals surface area contributed by atoms with E-state index in [0.29, 0.717) is 17.3 Å². The molecule has 0 unspecified atom stereocenters. The van der Waals surface area contributed by atoms with Gasteiger partial charge in [-0.2, -0.15) is 0 Å². The number of halogens is 1. The molecule has 0 saturated carbocycles. The fraction of sp³-hybridized carbons (Fsp3) is 0.158. The van der Waals surface area contributed by atoms with Crippen molar-refractivity contribution in [3.63, 3.8) is 0 Å². The molecule has 9 heteroatoms. The summed E-state index contributed by atoms with van der Waals surface area (Å²) in [7, 11) is 1.55. The Morgan fingerprint density at radius 3 is 2.96 bits per heavy atom. The topological polar surface area (TPSA) is 90.0 Å². The van der Waals surface area contributed by atoms with Crippen LogP contribution in [0.1, 0.15) is 26.6 Å². The molecule has 0 aliphatic heterocycles. The molecule has 0 bridgehead atoms. The first-order valence-corrected chi connectivity index (χ1v) is 9.19. The van der Waals surface area contributed by atoms with E-state index in [9.17, 15) is 14.0 Å². The summed E-state index contributed by atoms with van der Waals surface area (Å²) < 4.78 is 20.1. The van der Waals surface area contributed by atoms with Gasteiger partial charge in [0, 0.05) is 24.5 Å². The van der Waals surface area contributed by atoms with E-state index in [0.717, 1.165) is 10.4 Å². The highest BCUT2D eigenvalue weighted by atomic mass is 32.1. The molecule has 3 aromatic heterocycles. The first-order chi connectivity index (χ1) is 13.4. The average molecular weight is 398 g/mol. The van der Waals surface area contributed by atoms with Gasteiger partial charge in [0.2, 0.25) is 5.71 Å². The van der Waals surface area contributed by atoms with Crippen molar-refractivity contribution >= 4 is 33.5 Å². The summed E-state index contributed by atoms with van der Waals surface area (Å²) in [5.41, 5.74) is 0.716. The lowest BCUT2D eigenvalue weighted by molar-refractivity contribution is 0.102. The number of nitrogens with zero attached hydrogens (tertiary/aromatic N) is 3. The smallest absolute Gasteiger partial charge is 0.265 e. The Balaban J connectivity index is 1.59. The van der Waals surface area contributed by atoms with E-state index < -0.39 is 5.91 Å². The average Bonchev–Trinajstić information content (AvgIpc) is 3.22. The molecule has 0 aliphatic carbocycles. The first-order valence-electron chi connectivity index (χ1n) is 8.37. The highest BCUT2D eigenvalue weighted by Crippen LogP contribution is 2.25. The van der Waals surface area contributed by atoms with E-state index in [1.165, 1.54) is 34.4 Å². The van der Waals surface area contributed by atoms with Crippen LogP contribution in [-0.2, 0) is 13.5 Å². The van der Waals surface area contributed by atoms with Gasteiger partial charge in [0.25, 0.3) is 11.5 Å². The lowest BCUT2D eigenvalue weighted by Crippen LogP contribution is -2.20. The van der Waals surface area contributed by atoms with E-state index >= 15 is 0 Å². The fourth-order valence-electron chi connectivity index (χ4n) is 2.92. The second-order valence-corrected chi connectivity index (χ2v) is 7.38. The van der Waals surface area contributed by atoms with Crippen molar-refractivity contribution in [3.8, 4) is 0 Å². The number of amides is 1. The van der Waals surface area contributed by atoms with Gasteiger partial charge in [0.15, 0.2) is 5.13 Å². The van der Waals surface area contributed by atoms with Crippen LogP contribution in [-0.4, -0.2) is 20.4 Å². The number of thiazole rings is 1. The summed E-state index contributed by atoms with van der Waals surface area (Å²) in [6.07, 6.45) is 3.48. The molecular formula is C19H15FN4O3S. The first kappa shape index (κ1) is 18.1. The van der Waals surface area contributed by atoms with Crippen LogP contribution in [0.25, 0.3) is 11.1 Å². The van der Waals surface area contributed by atoms with E-state index in [1.807, 2.05) is 6.07 Å². The van der Waals surface area contributed by atoms with Crippen molar-refractivity contribution in [1.29, 1.82) is 0 Å². The molecule has 7 nitrogen and oxygen atoms in total. The lowest BCUT2D eigenvalue weighted by Gasteiger charge is -2.01. The molecule has 1 N–H and O–H groups in total. The van der Waals surface area contributed by atoms with Gasteiger partial charge in [-0.25, -0.2) is 14.4 Å².